The molecule has 0 aliphatic carbocycles. The number of hydrogen-bond donors (Lipinski definition) is 1. The van der Waals surface area contributed by atoms with Gasteiger partial charge in [-0.15, -0.1) is 0 Å². The first-order valence-electron chi connectivity index (χ1n) is 5.72. The van der Waals surface area contributed by atoms with E-state index in [2.05, 4.69) is 27.3 Å². The maximum absolute atomic E-state index is 11.9. The van der Waals surface area contributed by atoms with Crippen molar-refractivity contribution < 1.29 is 4.79 Å². The zero-order valence-electron chi connectivity index (χ0n) is 10.1. The van der Waals surface area contributed by atoms with Gasteiger partial charge in [-0.1, -0.05) is 34.1 Å². The minimum atomic E-state index is -0.120. The highest BCUT2D eigenvalue weighted by Gasteiger charge is 2.05. The standard InChI is InChI=1S/C15H11BrN2O/c16-14-3-1-2-13(8-14)15(19)18-10-12-6-4-11(9-17)5-7-12/h1-8H,10H2,(H,18,19). The van der Waals surface area contributed by atoms with Crippen LogP contribution in [0.2, 0.25) is 0 Å². The fourth-order valence-electron chi connectivity index (χ4n) is 1.61. The highest BCUT2D eigenvalue weighted by molar-refractivity contribution is 9.10. The molecule has 0 aromatic heterocycles. The Morgan fingerprint density at radius 2 is 1.95 bits per heavy atom. The molecule has 2 aromatic rings. The van der Waals surface area contributed by atoms with Crippen molar-refractivity contribution in [3.05, 3.63) is 69.7 Å². The molecule has 0 saturated heterocycles. The highest BCUT2D eigenvalue weighted by Crippen LogP contribution is 2.11. The number of nitrogens with zero attached hydrogens (tertiary/aromatic N) is 1. The second kappa shape index (κ2) is 6.17. The van der Waals surface area contributed by atoms with Crippen LogP contribution in [0.4, 0.5) is 0 Å². The first kappa shape index (κ1) is 13.3. The SMILES string of the molecule is N#Cc1ccc(CNC(=O)c2cccc(Br)c2)cc1. The largest absolute Gasteiger partial charge is 0.348 e. The molecule has 1 N–H and O–H groups in total. The second-order valence-corrected chi connectivity index (χ2v) is 4.92. The van der Waals surface area contributed by atoms with Crippen molar-refractivity contribution in [3.63, 3.8) is 0 Å². The highest BCUT2D eigenvalue weighted by atomic mass is 79.9. The number of carbonyl (C=O) groups excluding carboxylic acids is 1. The number of benzene rings is 2. The van der Waals surface area contributed by atoms with Crippen molar-refractivity contribution in [1.82, 2.24) is 5.32 Å². The Hall–Kier alpha value is -2.12. The first-order valence-corrected chi connectivity index (χ1v) is 6.51. The topological polar surface area (TPSA) is 52.9 Å². The molecule has 4 heteroatoms. The van der Waals surface area contributed by atoms with Gasteiger partial charge in [-0.2, -0.15) is 5.26 Å². The Morgan fingerprint density at radius 3 is 2.58 bits per heavy atom. The summed E-state index contributed by atoms with van der Waals surface area (Å²) in [7, 11) is 0. The fraction of sp³-hybridized carbons (Fsp3) is 0.0667. The minimum Gasteiger partial charge on any atom is -0.348 e. The van der Waals surface area contributed by atoms with Crippen molar-refractivity contribution in [2.75, 3.05) is 0 Å². The summed E-state index contributed by atoms with van der Waals surface area (Å²) in [4.78, 5) is 11.9. The van der Waals surface area contributed by atoms with Crippen LogP contribution in [-0.2, 0) is 6.54 Å². The van der Waals surface area contributed by atoms with Crippen LogP contribution in [0.5, 0.6) is 0 Å². The predicted octanol–water partition coefficient (Wildman–Crippen LogP) is 3.25. The Balaban J connectivity index is 1.98. The van der Waals surface area contributed by atoms with Gasteiger partial charge in [-0.25, -0.2) is 0 Å². The van der Waals surface area contributed by atoms with Crippen LogP contribution in [0.25, 0.3) is 0 Å². The molecule has 0 fully saturated rings. The van der Waals surface area contributed by atoms with E-state index in [0.29, 0.717) is 17.7 Å². The first-order chi connectivity index (χ1) is 9.19. The Morgan fingerprint density at radius 1 is 1.21 bits per heavy atom. The quantitative estimate of drug-likeness (QED) is 0.945. The predicted molar refractivity (Wildman–Crippen MR) is 76.5 cm³/mol. The molecule has 0 spiro atoms. The van der Waals surface area contributed by atoms with Crippen LogP contribution in [0.3, 0.4) is 0 Å². The van der Waals surface area contributed by atoms with E-state index >= 15 is 0 Å². The lowest BCUT2D eigenvalue weighted by Gasteiger charge is -2.05. The van der Waals surface area contributed by atoms with Crippen molar-refractivity contribution in [2.24, 2.45) is 0 Å². The third kappa shape index (κ3) is 3.67. The Kier molecular flexibility index (Phi) is 4.32. The molecule has 19 heavy (non-hydrogen) atoms. The van der Waals surface area contributed by atoms with E-state index in [1.54, 1.807) is 24.3 Å². The van der Waals surface area contributed by atoms with Crippen molar-refractivity contribution in [3.8, 4) is 6.07 Å². The van der Waals surface area contributed by atoms with Gasteiger partial charge in [0.25, 0.3) is 5.91 Å². The van der Waals surface area contributed by atoms with E-state index in [1.165, 1.54) is 0 Å². The van der Waals surface area contributed by atoms with Crippen LogP contribution in [-0.4, -0.2) is 5.91 Å². The van der Waals surface area contributed by atoms with Gasteiger partial charge in [0.05, 0.1) is 11.6 Å². The molecule has 0 heterocycles. The van der Waals surface area contributed by atoms with E-state index in [1.807, 2.05) is 24.3 Å². The van der Waals surface area contributed by atoms with Crippen LogP contribution < -0.4 is 5.32 Å². The number of amides is 1. The summed E-state index contributed by atoms with van der Waals surface area (Å²) < 4.78 is 0.874. The summed E-state index contributed by atoms with van der Waals surface area (Å²) in [6.07, 6.45) is 0. The molecule has 94 valence electrons. The molecule has 0 bridgehead atoms. The molecule has 0 aliphatic rings. The van der Waals surface area contributed by atoms with Gasteiger partial charge in [-0.05, 0) is 35.9 Å². The average molecular weight is 315 g/mol. The Bertz CT molecular complexity index is 629. The van der Waals surface area contributed by atoms with Gasteiger partial charge in [-0.3, -0.25) is 4.79 Å². The summed E-state index contributed by atoms with van der Waals surface area (Å²) in [6.45, 7) is 0.442. The summed E-state index contributed by atoms with van der Waals surface area (Å²) in [5, 5.41) is 11.5. The molecular weight excluding hydrogens is 304 g/mol. The summed E-state index contributed by atoms with van der Waals surface area (Å²) in [5.74, 6) is -0.120. The number of carbonyl (C=O) groups is 1. The number of nitriles is 1. The van der Waals surface area contributed by atoms with Crippen LogP contribution >= 0.6 is 15.9 Å². The summed E-state index contributed by atoms with van der Waals surface area (Å²) >= 11 is 3.33. The van der Waals surface area contributed by atoms with Crippen LogP contribution in [0, 0.1) is 11.3 Å². The molecule has 0 radical (unpaired) electrons. The van der Waals surface area contributed by atoms with Crippen LogP contribution in [0.15, 0.2) is 53.0 Å². The maximum Gasteiger partial charge on any atom is 0.251 e. The van der Waals surface area contributed by atoms with E-state index in [9.17, 15) is 4.79 Å². The average Bonchev–Trinajstić information content (AvgIpc) is 2.45. The smallest absolute Gasteiger partial charge is 0.251 e. The summed E-state index contributed by atoms with van der Waals surface area (Å²) in [6, 6.07) is 16.4. The number of rotatable bonds is 3. The van der Waals surface area contributed by atoms with Gasteiger partial charge in [0.2, 0.25) is 0 Å². The minimum absolute atomic E-state index is 0.120. The van der Waals surface area contributed by atoms with E-state index in [-0.39, 0.29) is 5.91 Å². The summed E-state index contributed by atoms with van der Waals surface area (Å²) in [5.41, 5.74) is 2.19. The molecule has 0 unspecified atom stereocenters. The Labute approximate surface area is 120 Å². The van der Waals surface area contributed by atoms with E-state index in [0.717, 1.165) is 10.0 Å². The van der Waals surface area contributed by atoms with Gasteiger partial charge in [0.15, 0.2) is 0 Å². The van der Waals surface area contributed by atoms with Crippen molar-refractivity contribution in [2.45, 2.75) is 6.54 Å². The van der Waals surface area contributed by atoms with Crippen molar-refractivity contribution >= 4 is 21.8 Å². The number of nitrogens with one attached hydrogen (secondary N) is 1. The van der Waals surface area contributed by atoms with Gasteiger partial charge in [0, 0.05) is 16.6 Å². The number of halogens is 1. The lowest BCUT2D eigenvalue weighted by molar-refractivity contribution is 0.0951. The fourth-order valence-corrected chi connectivity index (χ4v) is 2.01. The van der Waals surface area contributed by atoms with E-state index < -0.39 is 0 Å². The molecular formula is C15H11BrN2O. The molecule has 0 saturated carbocycles. The normalized spacial score (nSPS) is 9.68. The molecule has 0 atom stereocenters. The molecule has 3 nitrogen and oxygen atoms in total. The lowest BCUT2D eigenvalue weighted by Crippen LogP contribution is -2.22. The number of hydrogen-bond acceptors (Lipinski definition) is 2. The maximum atomic E-state index is 11.9. The zero-order valence-corrected chi connectivity index (χ0v) is 11.6. The molecule has 1 amide bonds. The zero-order chi connectivity index (χ0) is 13.7. The van der Waals surface area contributed by atoms with E-state index in [4.69, 9.17) is 5.26 Å². The van der Waals surface area contributed by atoms with Crippen LogP contribution in [0.1, 0.15) is 21.5 Å². The second-order valence-electron chi connectivity index (χ2n) is 4.00. The van der Waals surface area contributed by atoms with Gasteiger partial charge < -0.3 is 5.32 Å². The van der Waals surface area contributed by atoms with Crippen molar-refractivity contribution in [1.29, 1.82) is 5.26 Å². The third-order valence-corrected chi connectivity index (χ3v) is 3.12. The molecule has 0 aliphatic heterocycles. The lowest BCUT2D eigenvalue weighted by atomic mass is 10.1. The van der Waals surface area contributed by atoms with Gasteiger partial charge in [0.1, 0.15) is 0 Å². The van der Waals surface area contributed by atoms with Gasteiger partial charge >= 0.3 is 0 Å². The third-order valence-electron chi connectivity index (χ3n) is 2.62. The monoisotopic (exact) mass is 314 g/mol. The molecule has 2 rings (SSSR count). The molecule has 2 aromatic carbocycles.